The molecule has 0 aromatic carbocycles. The fourth-order valence-electron chi connectivity index (χ4n) is 8.20. The Hall–Kier alpha value is -1.98. The van der Waals surface area contributed by atoms with Crippen LogP contribution in [0.3, 0.4) is 0 Å². The minimum absolute atomic E-state index is 0.235. The second-order valence-electron chi connectivity index (χ2n) is 18.6. The summed E-state index contributed by atoms with van der Waals surface area (Å²) in [5.74, 6) is -0.716. The van der Waals surface area contributed by atoms with Gasteiger partial charge in [0.2, 0.25) is 5.91 Å². The maximum Gasteiger partial charge on any atom is 0.397 e. The number of hydrogen-bond donors (Lipinski definition) is 7. The van der Waals surface area contributed by atoms with E-state index in [1.807, 2.05) is 0 Å². The number of nitrogens with one attached hydrogen (secondary N) is 1. The third-order valence-electron chi connectivity index (χ3n) is 12.4. The Labute approximate surface area is 407 Å². The molecule has 1 heterocycles. The highest BCUT2D eigenvalue weighted by atomic mass is 32.3. The molecule has 0 spiro atoms. The molecule has 0 saturated carbocycles. The van der Waals surface area contributed by atoms with Gasteiger partial charge in [0.05, 0.1) is 25.4 Å². The number of hydrogen-bond acceptors (Lipinski definition) is 11. The minimum Gasteiger partial charge on any atom is -0.394 e. The van der Waals surface area contributed by atoms with Gasteiger partial charge in [-0.05, 0) is 57.8 Å². The molecular weight excluding hydrogens is 875 g/mol. The smallest absolute Gasteiger partial charge is 0.394 e. The van der Waals surface area contributed by atoms with Crippen molar-refractivity contribution in [1.82, 2.24) is 5.32 Å². The molecule has 7 N–H and O–H groups in total. The van der Waals surface area contributed by atoms with Crippen LogP contribution in [0.25, 0.3) is 0 Å². The van der Waals surface area contributed by atoms with Crippen LogP contribution in [-0.4, -0.2) is 107 Å². The van der Waals surface area contributed by atoms with Crippen LogP contribution in [0.15, 0.2) is 48.6 Å². The van der Waals surface area contributed by atoms with Gasteiger partial charge < -0.3 is 40.3 Å². The van der Waals surface area contributed by atoms with Crippen LogP contribution in [0.5, 0.6) is 0 Å². The third kappa shape index (κ3) is 34.9. The van der Waals surface area contributed by atoms with Gasteiger partial charge in [-0.2, -0.15) is 8.42 Å². The molecule has 392 valence electrons. The summed E-state index contributed by atoms with van der Waals surface area (Å²) >= 11 is 0. The monoisotopic (exact) mass is 972 g/mol. The van der Waals surface area contributed by atoms with E-state index in [0.717, 1.165) is 51.4 Å². The van der Waals surface area contributed by atoms with E-state index < -0.39 is 78.5 Å². The summed E-state index contributed by atoms with van der Waals surface area (Å²) in [6, 6.07) is -1.14. The number of amides is 1. The largest absolute Gasteiger partial charge is 0.397 e. The number of aliphatic hydroxyl groups excluding tert-OH is 5. The second kappa shape index (κ2) is 42.9. The lowest BCUT2D eigenvalue weighted by atomic mass is 9.99. The van der Waals surface area contributed by atoms with Crippen molar-refractivity contribution in [2.45, 2.75) is 268 Å². The van der Waals surface area contributed by atoms with Gasteiger partial charge in [-0.3, -0.25) is 9.35 Å². The van der Waals surface area contributed by atoms with Crippen LogP contribution >= 0.6 is 0 Å². The summed E-state index contributed by atoms with van der Waals surface area (Å²) in [5, 5.41) is 55.1. The third-order valence-corrected chi connectivity index (χ3v) is 12.9. The maximum atomic E-state index is 13.1. The van der Waals surface area contributed by atoms with Crippen molar-refractivity contribution in [2.75, 3.05) is 13.2 Å². The summed E-state index contributed by atoms with van der Waals surface area (Å²) in [5.41, 5.74) is 0. The Morgan fingerprint density at radius 1 is 0.612 bits per heavy atom. The predicted octanol–water partition coefficient (Wildman–Crippen LogP) is 10.6. The molecule has 67 heavy (non-hydrogen) atoms. The molecule has 1 aliphatic rings. The molecule has 1 aliphatic heterocycles. The zero-order valence-electron chi connectivity index (χ0n) is 41.8. The molecule has 0 bridgehead atoms. The molecule has 0 aromatic rings. The average Bonchev–Trinajstić information content (AvgIpc) is 3.30. The summed E-state index contributed by atoms with van der Waals surface area (Å²) < 4.78 is 47.4. The lowest BCUT2D eigenvalue weighted by Gasteiger charge is -2.41. The normalized spacial score (nSPS) is 20.7. The van der Waals surface area contributed by atoms with Crippen molar-refractivity contribution < 1.29 is 57.0 Å². The van der Waals surface area contributed by atoms with E-state index in [4.69, 9.17) is 14.0 Å². The maximum absolute atomic E-state index is 13.1. The van der Waals surface area contributed by atoms with E-state index in [1.54, 1.807) is 6.08 Å². The molecule has 0 radical (unpaired) electrons. The number of aliphatic hydroxyl groups is 5. The lowest BCUT2D eigenvalue weighted by molar-refractivity contribution is -0.298. The first-order valence-electron chi connectivity index (χ1n) is 26.6. The Morgan fingerprint density at radius 2 is 1.06 bits per heavy atom. The average molecular weight is 972 g/mol. The van der Waals surface area contributed by atoms with Crippen LogP contribution in [0.4, 0.5) is 0 Å². The van der Waals surface area contributed by atoms with E-state index >= 15 is 0 Å². The number of carbonyl (C=O) groups is 1. The molecule has 1 saturated heterocycles. The van der Waals surface area contributed by atoms with Crippen molar-refractivity contribution in [3.63, 3.8) is 0 Å². The van der Waals surface area contributed by atoms with Crippen molar-refractivity contribution in [3.8, 4) is 0 Å². The number of ether oxygens (including phenoxy) is 2. The SMILES string of the molecule is CCCC/C=C/CC/C=C/C(O)C(COC1OC(CO)C(O)C(OS(=O)(=O)O)C1O)NC(=O)C(O)CCCCCCCCCCCCCCCC/C=C\C/C=C\CCCCCCCCCCC. The van der Waals surface area contributed by atoms with Crippen molar-refractivity contribution in [1.29, 1.82) is 0 Å². The van der Waals surface area contributed by atoms with E-state index in [2.05, 4.69) is 59.8 Å². The Kier molecular flexibility index (Phi) is 40.3. The first kappa shape index (κ1) is 63.0. The van der Waals surface area contributed by atoms with Crippen molar-refractivity contribution >= 4 is 16.3 Å². The van der Waals surface area contributed by atoms with Crippen LogP contribution in [0.2, 0.25) is 0 Å². The molecule has 1 amide bonds. The van der Waals surface area contributed by atoms with Gasteiger partial charge in [-0.15, -0.1) is 0 Å². The fraction of sp³-hybridized carbons (Fsp3) is 0.830. The second-order valence-corrected chi connectivity index (χ2v) is 19.6. The molecule has 8 unspecified atom stereocenters. The minimum atomic E-state index is -5.12. The summed E-state index contributed by atoms with van der Waals surface area (Å²) in [7, 11) is -5.12. The highest BCUT2D eigenvalue weighted by Crippen LogP contribution is 2.26. The first-order valence-corrected chi connectivity index (χ1v) is 28.0. The summed E-state index contributed by atoms with van der Waals surface area (Å²) in [4.78, 5) is 13.1. The van der Waals surface area contributed by atoms with Gasteiger partial charge in [0.1, 0.15) is 30.5 Å². The van der Waals surface area contributed by atoms with Crippen LogP contribution in [0.1, 0.15) is 219 Å². The van der Waals surface area contributed by atoms with E-state index in [1.165, 1.54) is 141 Å². The zero-order chi connectivity index (χ0) is 49.2. The zero-order valence-corrected chi connectivity index (χ0v) is 42.6. The van der Waals surface area contributed by atoms with E-state index in [0.29, 0.717) is 12.8 Å². The summed E-state index contributed by atoms with van der Waals surface area (Å²) in [6.07, 6.45) is 42.5. The molecule has 14 heteroatoms. The highest BCUT2D eigenvalue weighted by molar-refractivity contribution is 7.80. The number of rotatable bonds is 45. The van der Waals surface area contributed by atoms with Gasteiger partial charge in [-0.1, -0.05) is 210 Å². The topological polar surface area (TPSA) is 212 Å². The lowest BCUT2D eigenvalue weighted by Crippen LogP contribution is -2.61. The number of carbonyl (C=O) groups excluding carboxylic acids is 1. The molecule has 1 fully saturated rings. The van der Waals surface area contributed by atoms with E-state index in [-0.39, 0.29) is 6.42 Å². The first-order chi connectivity index (χ1) is 32.4. The molecule has 8 atom stereocenters. The van der Waals surface area contributed by atoms with Crippen LogP contribution in [0, 0.1) is 0 Å². The van der Waals surface area contributed by atoms with Gasteiger partial charge in [0, 0.05) is 0 Å². The van der Waals surface area contributed by atoms with Gasteiger partial charge >= 0.3 is 10.4 Å². The van der Waals surface area contributed by atoms with E-state index in [9.17, 15) is 38.7 Å². The fourth-order valence-corrected chi connectivity index (χ4v) is 8.71. The van der Waals surface area contributed by atoms with Gasteiger partial charge in [-0.25, -0.2) is 4.18 Å². The number of unbranched alkanes of at least 4 members (excludes halogenated alkanes) is 26. The van der Waals surface area contributed by atoms with Crippen LogP contribution < -0.4 is 5.32 Å². The highest BCUT2D eigenvalue weighted by Gasteiger charge is 2.48. The van der Waals surface area contributed by atoms with Gasteiger partial charge in [0.15, 0.2) is 6.29 Å². The van der Waals surface area contributed by atoms with Crippen LogP contribution in [-0.2, 0) is 28.9 Å². The molecule has 0 aliphatic carbocycles. The molecule has 0 aromatic heterocycles. The molecule has 13 nitrogen and oxygen atoms in total. The standard InChI is InChI=1S/C53H97NO12S/c1-3-5-7-9-11-13-14-15-16-17-18-19-20-21-22-23-24-25-26-27-28-29-30-31-32-33-34-36-38-40-42-47(57)52(60)54-45(46(56)41-39-37-35-12-10-8-6-4-2)44-64-53-50(59)51(66-67(61,62)63)49(58)48(43-55)65-53/h10,12,18-19,21-22,39,41,45-51,53,55-59H,3-9,11,13-17,20,23-38,40,42-44H2,1-2H3,(H,54,60)(H,61,62,63)/b12-10+,19-18-,22-21-,41-39+. The van der Waals surface area contributed by atoms with Crippen molar-refractivity contribution in [3.05, 3.63) is 48.6 Å². The summed E-state index contributed by atoms with van der Waals surface area (Å²) in [6.45, 7) is 3.12. The quantitative estimate of drug-likeness (QED) is 0.0173. The Balaban J connectivity index is 2.27. The molecular formula is C53H97NO12S. The van der Waals surface area contributed by atoms with Crippen molar-refractivity contribution in [2.24, 2.45) is 0 Å². The van der Waals surface area contributed by atoms with Gasteiger partial charge in [0.25, 0.3) is 0 Å². The Bertz CT molecular complexity index is 1390. The Morgan fingerprint density at radius 3 is 1.57 bits per heavy atom. The molecule has 1 rings (SSSR count). The number of allylic oxidation sites excluding steroid dienone is 7. The predicted molar refractivity (Wildman–Crippen MR) is 270 cm³/mol.